The lowest BCUT2D eigenvalue weighted by atomic mass is 10.0. The Labute approximate surface area is 179 Å². The first kappa shape index (κ1) is 21.6. The van der Waals surface area contributed by atoms with Gasteiger partial charge in [0.2, 0.25) is 0 Å². The molecule has 0 aliphatic carbocycles. The fourth-order valence-corrected chi connectivity index (χ4v) is 4.00. The molecule has 1 heterocycles. The first-order valence-corrected chi connectivity index (χ1v) is 10.1. The standard InChI is InChI=1S/C23H23FN2O3S/c1-5-7-17-10-16(13-20-22(27)26(3)23(25-2)30-20)12-19(28-4)21(17)29-14-15-8-6-9-18(24)11-15/h5-6,8-13H,1,7,14H2,2-4H3/b20-13-,25-23?. The number of halogens is 1. The number of nitrogens with zero attached hydrogens (tertiary/aromatic N) is 2. The first-order chi connectivity index (χ1) is 14.5. The Kier molecular flexibility index (Phi) is 6.95. The van der Waals surface area contributed by atoms with E-state index < -0.39 is 0 Å². The largest absolute Gasteiger partial charge is 0.493 e. The number of hydrogen-bond donors (Lipinski definition) is 0. The number of thioether (sulfide) groups is 1. The van der Waals surface area contributed by atoms with E-state index in [1.165, 1.54) is 28.8 Å². The average Bonchev–Trinajstić information content (AvgIpc) is 3.00. The molecule has 0 radical (unpaired) electrons. The third-order valence-corrected chi connectivity index (χ3v) is 5.65. The second kappa shape index (κ2) is 9.63. The number of allylic oxidation sites excluding steroid dienone is 1. The zero-order chi connectivity index (χ0) is 21.7. The van der Waals surface area contributed by atoms with Gasteiger partial charge in [-0.3, -0.25) is 14.7 Å². The molecule has 0 N–H and O–H groups in total. The summed E-state index contributed by atoms with van der Waals surface area (Å²) in [5.74, 6) is 0.694. The molecule has 1 fully saturated rings. The van der Waals surface area contributed by atoms with E-state index in [4.69, 9.17) is 9.47 Å². The molecule has 30 heavy (non-hydrogen) atoms. The molecule has 0 aromatic heterocycles. The summed E-state index contributed by atoms with van der Waals surface area (Å²) in [5.41, 5.74) is 2.39. The second-order valence-corrected chi connectivity index (χ2v) is 7.61. The molecule has 0 bridgehead atoms. The maximum Gasteiger partial charge on any atom is 0.266 e. The number of carbonyl (C=O) groups is 1. The van der Waals surface area contributed by atoms with Gasteiger partial charge in [-0.25, -0.2) is 4.39 Å². The average molecular weight is 427 g/mol. The molecule has 0 atom stereocenters. The number of rotatable bonds is 7. The van der Waals surface area contributed by atoms with Crippen molar-refractivity contribution in [3.05, 3.63) is 76.5 Å². The molecule has 0 saturated carbocycles. The number of hydrogen-bond acceptors (Lipinski definition) is 5. The Hall–Kier alpha value is -3.06. The zero-order valence-corrected chi connectivity index (χ0v) is 18.0. The first-order valence-electron chi connectivity index (χ1n) is 9.30. The Morgan fingerprint density at radius 1 is 1.30 bits per heavy atom. The summed E-state index contributed by atoms with van der Waals surface area (Å²) in [4.78, 5) is 18.7. The van der Waals surface area contributed by atoms with E-state index in [1.54, 1.807) is 39.4 Å². The highest BCUT2D eigenvalue weighted by molar-refractivity contribution is 8.18. The molecule has 2 aromatic carbocycles. The summed E-state index contributed by atoms with van der Waals surface area (Å²) in [5, 5.41) is 0.652. The van der Waals surface area contributed by atoms with Crippen molar-refractivity contribution in [2.75, 3.05) is 21.2 Å². The molecule has 5 nitrogen and oxygen atoms in total. The number of methoxy groups -OCH3 is 1. The molecule has 1 saturated heterocycles. The lowest BCUT2D eigenvalue weighted by Crippen LogP contribution is -2.23. The van der Waals surface area contributed by atoms with Crippen LogP contribution in [0.25, 0.3) is 6.08 Å². The zero-order valence-electron chi connectivity index (χ0n) is 17.1. The van der Waals surface area contributed by atoms with E-state index in [0.29, 0.717) is 28.0 Å². The van der Waals surface area contributed by atoms with Crippen molar-refractivity contribution in [3.63, 3.8) is 0 Å². The lowest BCUT2D eigenvalue weighted by Gasteiger charge is -2.16. The number of amidine groups is 1. The van der Waals surface area contributed by atoms with E-state index in [-0.39, 0.29) is 18.3 Å². The van der Waals surface area contributed by atoms with Gasteiger partial charge in [0.25, 0.3) is 5.91 Å². The molecule has 3 rings (SSSR count). The summed E-state index contributed by atoms with van der Waals surface area (Å²) in [6, 6.07) is 10.0. The topological polar surface area (TPSA) is 51.1 Å². The van der Waals surface area contributed by atoms with Gasteiger partial charge in [-0.05, 0) is 59.7 Å². The van der Waals surface area contributed by atoms with E-state index in [2.05, 4.69) is 11.6 Å². The van der Waals surface area contributed by atoms with Crippen LogP contribution < -0.4 is 9.47 Å². The van der Waals surface area contributed by atoms with Crippen molar-refractivity contribution in [1.29, 1.82) is 0 Å². The van der Waals surface area contributed by atoms with Crippen LogP contribution in [-0.2, 0) is 17.8 Å². The van der Waals surface area contributed by atoms with Gasteiger partial charge in [0.1, 0.15) is 12.4 Å². The van der Waals surface area contributed by atoms with Crippen molar-refractivity contribution >= 4 is 28.9 Å². The molecule has 2 aromatic rings. The van der Waals surface area contributed by atoms with Crippen LogP contribution >= 0.6 is 11.8 Å². The van der Waals surface area contributed by atoms with Gasteiger partial charge in [-0.2, -0.15) is 0 Å². The van der Waals surface area contributed by atoms with Gasteiger partial charge in [-0.15, -0.1) is 6.58 Å². The summed E-state index contributed by atoms with van der Waals surface area (Å²) in [7, 11) is 4.92. The van der Waals surface area contributed by atoms with Gasteiger partial charge in [0.15, 0.2) is 16.7 Å². The lowest BCUT2D eigenvalue weighted by molar-refractivity contribution is -0.121. The Morgan fingerprint density at radius 2 is 2.10 bits per heavy atom. The highest BCUT2D eigenvalue weighted by Crippen LogP contribution is 2.37. The predicted molar refractivity (Wildman–Crippen MR) is 119 cm³/mol. The summed E-state index contributed by atoms with van der Waals surface area (Å²) in [6.45, 7) is 4.02. The maximum absolute atomic E-state index is 13.5. The van der Waals surface area contributed by atoms with E-state index in [0.717, 1.165) is 16.7 Å². The van der Waals surface area contributed by atoms with Crippen LogP contribution in [0, 0.1) is 5.82 Å². The second-order valence-electron chi connectivity index (χ2n) is 6.60. The number of amides is 1. The highest BCUT2D eigenvalue weighted by atomic mass is 32.2. The van der Waals surface area contributed by atoms with Crippen molar-refractivity contribution in [2.24, 2.45) is 4.99 Å². The monoisotopic (exact) mass is 426 g/mol. The molecule has 1 amide bonds. The molecule has 0 unspecified atom stereocenters. The summed E-state index contributed by atoms with van der Waals surface area (Å²) in [6.07, 6.45) is 4.13. The molecular formula is C23H23FN2O3S. The van der Waals surface area contributed by atoms with E-state index in [9.17, 15) is 9.18 Å². The molecule has 1 aliphatic rings. The maximum atomic E-state index is 13.5. The molecule has 0 spiro atoms. The van der Waals surface area contributed by atoms with Gasteiger partial charge in [0.05, 0.1) is 12.0 Å². The van der Waals surface area contributed by atoms with Crippen LogP contribution in [0.1, 0.15) is 16.7 Å². The third-order valence-electron chi connectivity index (χ3n) is 4.50. The Balaban J connectivity index is 1.94. The smallest absolute Gasteiger partial charge is 0.266 e. The van der Waals surface area contributed by atoms with Crippen LogP contribution in [0.4, 0.5) is 4.39 Å². The summed E-state index contributed by atoms with van der Waals surface area (Å²) >= 11 is 1.33. The van der Waals surface area contributed by atoms with Gasteiger partial charge >= 0.3 is 0 Å². The minimum Gasteiger partial charge on any atom is -0.493 e. The van der Waals surface area contributed by atoms with Crippen molar-refractivity contribution < 1.29 is 18.7 Å². The van der Waals surface area contributed by atoms with Crippen molar-refractivity contribution in [2.45, 2.75) is 13.0 Å². The van der Waals surface area contributed by atoms with Crippen LogP contribution in [0.2, 0.25) is 0 Å². The van der Waals surface area contributed by atoms with Crippen LogP contribution in [-0.4, -0.2) is 37.2 Å². The van der Waals surface area contributed by atoms with Crippen LogP contribution in [0.3, 0.4) is 0 Å². The number of benzene rings is 2. The summed E-state index contributed by atoms with van der Waals surface area (Å²) < 4.78 is 25.0. The fourth-order valence-electron chi connectivity index (χ4n) is 3.07. The highest BCUT2D eigenvalue weighted by Gasteiger charge is 2.29. The van der Waals surface area contributed by atoms with Crippen molar-refractivity contribution in [3.8, 4) is 11.5 Å². The Bertz CT molecular complexity index is 1030. The number of likely N-dealkylation sites (N-methyl/N-ethyl adjacent to an activating group) is 1. The molecule has 7 heteroatoms. The van der Waals surface area contributed by atoms with Gasteiger partial charge in [-0.1, -0.05) is 18.2 Å². The number of carbonyl (C=O) groups excluding carboxylic acids is 1. The predicted octanol–water partition coefficient (Wildman–Crippen LogP) is 4.67. The SMILES string of the molecule is C=CCc1cc(/C=C2\SC(=NC)N(C)C2=O)cc(OC)c1OCc1cccc(F)c1. The van der Waals surface area contributed by atoms with E-state index >= 15 is 0 Å². The van der Waals surface area contributed by atoms with Crippen molar-refractivity contribution in [1.82, 2.24) is 4.90 Å². The normalized spacial score (nSPS) is 16.4. The number of aliphatic imine (C=N–C) groups is 1. The quantitative estimate of drug-likeness (QED) is 0.477. The van der Waals surface area contributed by atoms with Gasteiger partial charge < -0.3 is 9.47 Å². The van der Waals surface area contributed by atoms with E-state index in [1.807, 2.05) is 18.2 Å². The number of ether oxygens (including phenoxy) is 2. The fraction of sp³-hybridized carbons (Fsp3) is 0.217. The minimum absolute atomic E-state index is 0.101. The molecule has 156 valence electrons. The third kappa shape index (κ3) is 4.74. The van der Waals surface area contributed by atoms with Gasteiger partial charge in [0, 0.05) is 19.7 Å². The molecular weight excluding hydrogens is 403 g/mol. The molecule has 1 aliphatic heterocycles. The van der Waals surface area contributed by atoms with Crippen LogP contribution in [0.15, 0.2) is 59.0 Å². The minimum atomic E-state index is -0.310. The van der Waals surface area contributed by atoms with Crippen LogP contribution in [0.5, 0.6) is 11.5 Å². The Morgan fingerprint density at radius 3 is 2.73 bits per heavy atom.